The zero-order chi connectivity index (χ0) is 11.8. The van der Waals surface area contributed by atoms with Crippen molar-refractivity contribution in [1.82, 2.24) is 15.5 Å². The number of rotatable bonds is 6. The Kier molecular flexibility index (Phi) is 6.37. The molecule has 5 heteroatoms. The molecule has 0 aliphatic carbocycles. The Morgan fingerprint density at radius 2 is 2.31 bits per heavy atom. The van der Waals surface area contributed by atoms with Crippen LogP contribution in [0, 0.1) is 0 Å². The van der Waals surface area contributed by atoms with E-state index in [2.05, 4.69) is 22.5 Å². The topological polar surface area (TPSA) is 53.6 Å². The van der Waals surface area contributed by atoms with Gasteiger partial charge in [0.1, 0.15) is 6.04 Å². The van der Waals surface area contributed by atoms with Gasteiger partial charge in [-0.3, -0.25) is 9.69 Å². The molecule has 0 spiro atoms. The molecule has 1 heterocycles. The number of amides is 1. The first-order valence-electron chi connectivity index (χ1n) is 6.03. The van der Waals surface area contributed by atoms with Crippen LogP contribution in [-0.2, 0) is 9.53 Å². The molecule has 1 amide bonds. The Bertz CT molecular complexity index is 211. The van der Waals surface area contributed by atoms with E-state index in [1.807, 2.05) is 7.05 Å². The summed E-state index contributed by atoms with van der Waals surface area (Å²) in [6.45, 7) is 6.67. The Morgan fingerprint density at radius 1 is 1.50 bits per heavy atom. The average molecular weight is 229 g/mol. The van der Waals surface area contributed by atoms with Crippen molar-refractivity contribution in [3.63, 3.8) is 0 Å². The quantitative estimate of drug-likeness (QED) is 0.640. The number of nitrogens with one attached hydrogen (secondary N) is 2. The number of likely N-dealkylation sites (N-methyl/N-ethyl adjacent to an activating group) is 1. The van der Waals surface area contributed by atoms with Crippen molar-refractivity contribution in [3.05, 3.63) is 0 Å². The molecule has 1 aliphatic rings. The predicted molar refractivity (Wildman–Crippen MR) is 63.4 cm³/mol. The van der Waals surface area contributed by atoms with E-state index in [9.17, 15) is 4.79 Å². The van der Waals surface area contributed by atoms with Crippen molar-refractivity contribution in [3.8, 4) is 0 Å². The van der Waals surface area contributed by atoms with Gasteiger partial charge in [-0.1, -0.05) is 6.92 Å². The third-order valence-corrected chi connectivity index (χ3v) is 2.74. The van der Waals surface area contributed by atoms with Crippen molar-refractivity contribution >= 4 is 5.91 Å². The standard InChI is InChI=1S/C11H23N3O2/c1-3-4-13-11(15)10-9-16-8-7-14(10)6-5-12-2/h10,12H,3-9H2,1-2H3,(H,13,15). The Labute approximate surface area is 97.5 Å². The van der Waals surface area contributed by atoms with Crippen LogP contribution in [0.1, 0.15) is 13.3 Å². The fourth-order valence-corrected chi connectivity index (χ4v) is 1.77. The van der Waals surface area contributed by atoms with E-state index in [0.717, 1.165) is 39.2 Å². The molecule has 1 fully saturated rings. The van der Waals surface area contributed by atoms with Crippen LogP contribution in [0.5, 0.6) is 0 Å². The maximum Gasteiger partial charge on any atom is 0.239 e. The highest BCUT2D eigenvalue weighted by Crippen LogP contribution is 2.06. The number of hydrogen-bond acceptors (Lipinski definition) is 4. The molecule has 16 heavy (non-hydrogen) atoms. The van der Waals surface area contributed by atoms with Crippen molar-refractivity contribution in [2.75, 3.05) is 46.4 Å². The SMILES string of the molecule is CCCNC(=O)C1COCCN1CCNC. The van der Waals surface area contributed by atoms with Crippen LogP contribution in [0.15, 0.2) is 0 Å². The molecule has 1 saturated heterocycles. The summed E-state index contributed by atoms with van der Waals surface area (Å²) in [6, 6.07) is -0.117. The van der Waals surface area contributed by atoms with Crippen LogP contribution >= 0.6 is 0 Å². The molecule has 1 atom stereocenters. The molecule has 1 aliphatic heterocycles. The Balaban J connectivity index is 2.42. The molecule has 1 rings (SSSR count). The molecule has 0 saturated carbocycles. The molecule has 0 aromatic carbocycles. The molecule has 5 nitrogen and oxygen atoms in total. The number of carbonyl (C=O) groups excluding carboxylic acids is 1. The van der Waals surface area contributed by atoms with Gasteiger partial charge in [0, 0.05) is 26.2 Å². The van der Waals surface area contributed by atoms with Gasteiger partial charge in [-0.2, -0.15) is 0 Å². The first-order valence-corrected chi connectivity index (χ1v) is 6.03. The van der Waals surface area contributed by atoms with Crippen molar-refractivity contribution in [2.24, 2.45) is 0 Å². The number of morpholine rings is 1. The van der Waals surface area contributed by atoms with Crippen molar-refractivity contribution < 1.29 is 9.53 Å². The predicted octanol–water partition coefficient (Wildman–Crippen LogP) is -0.567. The van der Waals surface area contributed by atoms with Crippen LogP contribution in [0.2, 0.25) is 0 Å². The summed E-state index contributed by atoms with van der Waals surface area (Å²) in [5.41, 5.74) is 0. The average Bonchev–Trinajstić information content (AvgIpc) is 2.33. The fourth-order valence-electron chi connectivity index (χ4n) is 1.77. The smallest absolute Gasteiger partial charge is 0.239 e. The lowest BCUT2D eigenvalue weighted by Crippen LogP contribution is -2.55. The van der Waals surface area contributed by atoms with E-state index in [1.54, 1.807) is 0 Å². The van der Waals surface area contributed by atoms with Crippen LogP contribution in [0.3, 0.4) is 0 Å². The lowest BCUT2D eigenvalue weighted by Gasteiger charge is -2.34. The van der Waals surface area contributed by atoms with E-state index in [-0.39, 0.29) is 11.9 Å². The third-order valence-electron chi connectivity index (χ3n) is 2.74. The molecule has 0 radical (unpaired) electrons. The number of hydrogen-bond donors (Lipinski definition) is 2. The zero-order valence-electron chi connectivity index (χ0n) is 10.3. The van der Waals surface area contributed by atoms with E-state index in [1.165, 1.54) is 0 Å². The summed E-state index contributed by atoms with van der Waals surface area (Å²) >= 11 is 0. The van der Waals surface area contributed by atoms with E-state index < -0.39 is 0 Å². The summed E-state index contributed by atoms with van der Waals surface area (Å²) in [4.78, 5) is 14.1. The van der Waals surface area contributed by atoms with Gasteiger partial charge in [0.15, 0.2) is 0 Å². The maximum absolute atomic E-state index is 11.9. The maximum atomic E-state index is 11.9. The van der Waals surface area contributed by atoms with Gasteiger partial charge in [0.05, 0.1) is 13.2 Å². The second-order valence-corrected chi connectivity index (χ2v) is 4.02. The third kappa shape index (κ3) is 4.08. The van der Waals surface area contributed by atoms with Crippen molar-refractivity contribution in [2.45, 2.75) is 19.4 Å². The van der Waals surface area contributed by atoms with Crippen LogP contribution in [0.4, 0.5) is 0 Å². The summed E-state index contributed by atoms with van der Waals surface area (Å²) in [7, 11) is 1.92. The Hall–Kier alpha value is -0.650. The van der Waals surface area contributed by atoms with Crippen LogP contribution in [-0.4, -0.2) is 63.3 Å². The summed E-state index contributed by atoms with van der Waals surface area (Å²) in [6.07, 6.45) is 0.968. The molecular weight excluding hydrogens is 206 g/mol. The van der Waals surface area contributed by atoms with Gasteiger partial charge in [0.2, 0.25) is 5.91 Å². The fraction of sp³-hybridized carbons (Fsp3) is 0.909. The first kappa shape index (κ1) is 13.4. The summed E-state index contributed by atoms with van der Waals surface area (Å²) in [5.74, 6) is 0.0950. The molecule has 2 N–H and O–H groups in total. The summed E-state index contributed by atoms with van der Waals surface area (Å²) < 4.78 is 5.37. The highest BCUT2D eigenvalue weighted by molar-refractivity contribution is 5.81. The second kappa shape index (κ2) is 7.60. The van der Waals surface area contributed by atoms with E-state index >= 15 is 0 Å². The van der Waals surface area contributed by atoms with Crippen molar-refractivity contribution in [1.29, 1.82) is 0 Å². The van der Waals surface area contributed by atoms with Gasteiger partial charge >= 0.3 is 0 Å². The molecule has 1 unspecified atom stereocenters. The largest absolute Gasteiger partial charge is 0.378 e. The lowest BCUT2D eigenvalue weighted by molar-refractivity contribution is -0.132. The minimum atomic E-state index is -0.117. The number of ether oxygens (including phenoxy) is 1. The highest BCUT2D eigenvalue weighted by Gasteiger charge is 2.28. The van der Waals surface area contributed by atoms with Gasteiger partial charge in [0.25, 0.3) is 0 Å². The number of nitrogens with zero attached hydrogens (tertiary/aromatic N) is 1. The molecule has 0 aromatic rings. The molecule has 0 aromatic heterocycles. The minimum absolute atomic E-state index is 0.0950. The monoisotopic (exact) mass is 229 g/mol. The zero-order valence-corrected chi connectivity index (χ0v) is 10.3. The molecule has 0 bridgehead atoms. The van der Waals surface area contributed by atoms with Gasteiger partial charge < -0.3 is 15.4 Å². The Morgan fingerprint density at radius 3 is 3.00 bits per heavy atom. The molecule has 94 valence electrons. The van der Waals surface area contributed by atoms with E-state index in [4.69, 9.17) is 4.74 Å². The minimum Gasteiger partial charge on any atom is -0.378 e. The van der Waals surface area contributed by atoms with Gasteiger partial charge in [-0.25, -0.2) is 0 Å². The number of carbonyl (C=O) groups is 1. The summed E-state index contributed by atoms with van der Waals surface area (Å²) in [5, 5.41) is 6.03. The van der Waals surface area contributed by atoms with E-state index in [0.29, 0.717) is 6.61 Å². The van der Waals surface area contributed by atoms with Crippen LogP contribution in [0.25, 0.3) is 0 Å². The van der Waals surface area contributed by atoms with Gasteiger partial charge in [-0.15, -0.1) is 0 Å². The van der Waals surface area contributed by atoms with Crippen LogP contribution < -0.4 is 10.6 Å². The normalized spacial score (nSPS) is 22.0. The van der Waals surface area contributed by atoms with Gasteiger partial charge in [-0.05, 0) is 13.5 Å². The lowest BCUT2D eigenvalue weighted by atomic mass is 10.2. The second-order valence-electron chi connectivity index (χ2n) is 4.02. The highest BCUT2D eigenvalue weighted by atomic mass is 16.5. The first-order chi connectivity index (χ1) is 7.79. The molecular formula is C11H23N3O2.